The lowest BCUT2D eigenvalue weighted by Gasteiger charge is -2.10. The Labute approximate surface area is 95.8 Å². The highest BCUT2D eigenvalue weighted by Crippen LogP contribution is 2.19. The van der Waals surface area contributed by atoms with Crippen LogP contribution >= 0.6 is 11.8 Å². The molecule has 0 bridgehead atoms. The summed E-state index contributed by atoms with van der Waals surface area (Å²) >= 11 is 1.71. The van der Waals surface area contributed by atoms with Crippen molar-refractivity contribution in [2.45, 2.75) is 31.8 Å². The van der Waals surface area contributed by atoms with Gasteiger partial charge in [-0.05, 0) is 26.3 Å². The van der Waals surface area contributed by atoms with Crippen LogP contribution in [0.5, 0.6) is 0 Å². The van der Waals surface area contributed by atoms with E-state index in [0.29, 0.717) is 0 Å². The molecular formula is C12H18N2S. The third-order valence-corrected chi connectivity index (χ3v) is 3.47. The number of rotatable bonds is 4. The molecule has 0 aliphatic rings. The summed E-state index contributed by atoms with van der Waals surface area (Å²) in [4.78, 5) is 0. The van der Waals surface area contributed by atoms with Crippen molar-refractivity contribution in [3.05, 3.63) is 34.9 Å². The van der Waals surface area contributed by atoms with Crippen molar-refractivity contribution >= 4 is 17.6 Å². The van der Waals surface area contributed by atoms with Crippen LogP contribution in [0.15, 0.2) is 18.2 Å². The highest BCUT2D eigenvalue weighted by atomic mass is 32.2. The number of amidine groups is 1. The number of aryl methyl sites for hydroxylation is 2. The zero-order valence-electron chi connectivity index (χ0n) is 9.50. The SMILES string of the molecule is Cc1cc(C)cc(CSC(C)C(=N)N)c1. The van der Waals surface area contributed by atoms with Crippen LogP contribution in [0.4, 0.5) is 0 Å². The lowest BCUT2D eigenvalue weighted by Crippen LogP contribution is -2.21. The van der Waals surface area contributed by atoms with Crippen molar-refractivity contribution < 1.29 is 0 Å². The first-order valence-electron chi connectivity index (χ1n) is 5.01. The van der Waals surface area contributed by atoms with Gasteiger partial charge in [0.25, 0.3) is 0 Å². The molecule has 3 heteroatoms. The van der Waals surface area contributed by atoms with Crippen LogP contribution in [-0.4, -0.2) is 11.1 Å². The second-order valence-corrected chi connectivity index (χ2v) is 5.23. The minimum atomic E-state index is 0.103. The highest BCUT2D eigenvalue weighted by molar-refractivity contribution is 7.99. The van der Waals surface area contributed by atoms with Crippen LogP contribution in [0.3, 0.4) is 0 Å². The predicted octanol–water partition coefficient (Wildman–Crippen LogP) is 2.86. The van der Waals surface area contributed by atoms with Gasteiger partial charge >= 0.3 is 0 Å². The fourth-order valence-corrected chi connectivity index (χ4v) is 2.25. The Morgan fingerprint density at radius 2 is 1.87 bits per heavy atom. The molecule has 0 amide bonds. The summed E-state index contributed by atoms with van der Waals surface area (Å²) in [5.74, 6) is 1.17. The molecule has 0 heterocycles. The topological polar surface area (TPSA) is 49.9 Å². The Morgan fingerprint density at radius 3 is 2.33 bits per heavy atom. The van der Waals surface area contributed by atoms with Gasteiger partial charge in [0.2, 0.25) is 0 Å². The minimum Gasteiger partial charge on any atom is -0.387 e. The summed E-state index contributed by atoms with van der Waals surface area (Å²) in [7, 11) is 0. The van der Waals surface area contributed by atoms with Crippen LogP contribution in [-0.2, 0) is 5.75 Å². The Morgan fingerprint density at radius 1 is 1.33 bits per heavy atom. The molecule has 0 saturated carbocycles. The smallest absolute Gasteiger partial charge is 0.104 e. The number of hydrogen-bond acceptors (Lipinski definition) is 2. The van der Waals surface area contributed by atoms with E-state index in [1.165, 1.54) is 16.7 Å². The van der Waals surface area contributed by atoms with Gasteiger partial charge in [0.15, 0.2) is 0 Å². The maximum Gasteiger partial charge on any atom is 0.104 e. The summed E-state index contributed by atoms with van der Waals surface area (Å²) in [5, 5.41) is 7.41. The van der Waals surface area contributed by atoms with Crippen molar-refractivity contribution in [3.63, 3.8) is 0 Å². The van der Waals surface area contributed by atoms with E-state index < -0.39 is 0 Å². The Balaban J connectivity index is 2.61. The van der Waals surface area contributed by atoms with Crippen LogP contribution in [0.2, 0.25) is 0 Å². The molecule has 82 valence electrons. The van der Waals surface area contributed by atoms with Crippen molar-refractivity contribution in [2.24, 2.45) is 5.73 Å². The molecule has 15 heavy (non-hydrogen) atoms. The van der Waals surface area contributed by atoms with E-state index in [1.54, 1.807) is 11.8 Å². The number of hydrogen-bond donors (Lipinski definition) is 2. The fraction of sp³-hybridized carbons (Fsp3) is 0.417. The first-order chi connectivity index (χ1) is 6.99. The van der Waals surface area contributed by atoms with Crippen LogP contribution in [0.1, 0.15) is 23.6 Å². The van der Waals surface area contributed by atoms with Crippen LogP contribution < -0.4 is 5.73 Å². The Bertz CT molecular complexity index is 340. The van der Waals surface area contributed by atoms with E-state index in [4.69, 9.17) is 11.1 Å². The van der Waals surface area contributed by atoms with E-state index in [-0.39, 0.29) is 11.1 Å². The highest BCUT2D eigenvalue weighted by Gasteiger charge is 2.06. The summed E-state index contributed by atoms with van der Waals surface area (Å²) in [6.07, 6.45) is 0. The normalized spacial score (nSPS) is 12.5. The molecule has 0 spiro atoms. The predicted molar refractivity (Wildman–Crippen MR) is 68.6 cm³/mol. The van der Waals surface area contributed by atoms with Crippen molar-refractivity contribution in [3.8, 4) is 0 Å². The van der Waals surface area contributed by atoms with Gasteiger partial charge in [-0.2, -0.15) is 0 Å². The minimum absolute atomic E-state index is 0.103. The van der Waals surface area contributed by atoms with Gasteiger partial charge in [0.05, 0.1) is 5.25 Å². The molecule has 0 radical (unpaired) electrons. The van der Waals surface area contributed by atoms with Gasteiger partial charge in [-0.3, -0.25) is 5.41 Å². The van der Waals surface area contributed by atoms with Gasteiger partial charge in [0.1, 0.15) is 5.84 Å². The molecule has 1 unspecified atom stereocenters. The maximum atomic E-state index is 7.31. The molecule has 1 aromatic rings. The van der Waals surface area contributed by atoms with Crippen LogP contribution in [0, 0.1) is 19.3 Å². The van der Waals surface area contributed by atoms with Crippen molar-refractivity contribution in [1.82, 2.24) is 0 Å². The second-order valence-electron chi connectivity index (χ2n) is 3.90. The quantitative estimate of drug-likeness (QED) is 0.608. The molecule has 0 aliphatic heterocycles. The van der Waals surface area contributed by atoms with E-state index >= 15 is 0 Å². The number of benzene rings is 1. The van der Waals surface area contributed by atoms with E-state index in [9.17, 15) is 0 Å². The lowest BCUT2D eigenvalue weighted by molar-refractivity contribution is 1.21. The van der Waals surface area contributed by atoms with Gasteiger partial charge < -0.3 is 5.73 Å². The first-order valence-corrected chi connectivity index (χ1v) is 6.06. The number of thioether (sulfide) groups is 1. The second kappa shape index (κ2) is 5.21. The molecule has 0 aromatic heterocycles. The third kappa shape index (κ3) is 3.96. The fourth-order valence-electron chi connectivity index (χ4n) is 1.46. The third-order valence-electron chi connectivity index (χ3n) is 2.22. The summed E-state index contributed by atoms with van der Waals surface area (Å²) in [6.45, 7) is 6.18. The zero-order valence-corrected chi connectivity index (χ0v) is 10.3. The molecule has 0 aliphatic carbocycles. The summed E-state index contributed by atoms with van der Waals surface area (Å²) in [5.41, 5.74) is 9.32. The largest absolute Gasteiger partial charge is 0.387 e. The Hall–Kier alpha value is -0.960. The van der Waals surface area contributed by atoms with E-state index in [0.717, 1.165) is 5.75 Å². The van der Waals surface area contributed by atoms with E-state index in [1.807, 2.05) is 6.92 Å². The average molecular weight is 222 g/mol. The molecular weight excluding hydrogens is 204 g/mol. The maximum absolute atomic E-state index is 7.31. The lowest BCUT2D eigenvalue weighted by atomic mass is 10.1. The molecule has 1 aromatic carbocycles. The van der Waals surface area contributed by atoms with Gasteiger partial charge in [-0.25, -0.2) is 0 Å². The first kappa shape index (κ1) is 12.1. The molecule has 1 rings (SSSR count). The number of nitrogens with one attached hydrogen (secondary N) is 1. The number of nitrogens with two attached hydrogens (primary N) is 1. The van der Waals surface area contributed by atoms with Gasteiger partial charge in [-0.1, -0.05) is 29.3 Å². The molecule has 3 N–H and O–H groups in total. The molecule has 2 nitrogen and oxygen atoms in total. The van der Waals surface area contributed by atoms with E-state index in [2.05, 4.69) is 32.0 Å². The van der Waals surface area contributed by atoms with Crippen molar-refractivity contribution in [2.75, 3.05) is 0 Å². The zero-order chi connectivity index (χ0) is 11.4. The summed E-state index contributed by atoms with van der Waals surface area (Å²) in [6, 6.07) is 6.54. The average Bonchev–Trinajstić information content (AvgIpc) is 2.12. The van der Waals surface area contributed by atoms with Crippen molar-refractivity contribution in [1.29, 1.82) is 5.41 Å². The van der Waals surface area contributed by atoms with Crippen LogP contribution in [0.25, 0.3) is 0 Å². The monoisotopic (exact) mass is 222 g/mol. The summed E-state index contributed by atoms with van der Waals surface area (Å²) < 4.78 is 0. The molecule has 0 saturated heterocycles. The Kier molecular flexibility index (Phi) is 4.21. The standard InChI is InChI=1S/C12H18N2S/c1-8-4-9(2)6-11(5-8)7-15-10(3)12(13)14/h4-6,10H,7H2,1-3H3,(H3,13,14). The van der Waals surface area contributed by atoms with Gasteiger partial charge in [-0.15, -0.1) is 11.8 Å². The molecule has 0 fully saturated rings. The molecule has 1 atom stereocenters. The van der Waals surface area contributed by atoms with Gasteiger partial charge in [0, 0.05) is 5.75 Å².